The van der Waals surface area contributed by atoms with E-state index in [2.05, 4.69) is 6.92 Å². The zero-order chi connectivity index (χ0) is 14.0. The van der Waals surface area contributed by atoms with Crippen LogP contribution in [0, 0.1) is 23.5 Å². The van der Waals surface area contributed by atoms with Crippen molar-refractivity contribution >= 4 is 0 Å². The lowest BCUT2D eigenvalue weighted by Crippen LogP contribution is -2.34. The van der Waals surface area contributed by atoms with Crippen LogP contribution in [0.25, 0.3) is 0 Å². The van der Waals surface area contributed by atoms with Crippen molar-refractivity contribution in [3.63, 3.8) is 0 Å². The normalized spacial score (nSPS) is 27.0. The zero-order valence-electron chi connectivity index (χ0n) is 11.6. The van der Waals surface area contributed by atoms with Gasteiger partial charge in [-0.15, -0.1) is 0 Å². The molecule has 0 aliphatic heterocycles. The van der Waals surface area contributed by atoms with E-state index >= 15 is 0 Å². The number of hydrogen-bond acceptors (Lipinski definition) is 1. The highest BCUT2D eigenvalue weighted by Crippen LogP contribution is 2.41. The van der Waals surface area contributed by atoms with Gasteiger partial charge in [0.15, 0.2) is 0 Å². The summed E-state index contributed by atoms with van der Waals surface area (Å²) in [6.07, 6.45) is 5.20. The Morgan fingerprint density at radius 3 is 2.11 bits per heavy atom. The maximum atomic E-state index is 13.3. The van der Waals surface area contributed by atoms with Gasteiger partial charge >= 0.3 is 0 Å². The van der Waals surface area contributed by atoms with Gasteiger partial charge in [0.05, 0.1) is 5.60 Å². The Bertz CT molecular complexity index is 414. The van der Waals surface area contributed by atoms with E-state index in [9.17, 15) is 13.9 Å². The summed E-state index contributed by atoms with van der Waals surface area (Å²) in [5, 5.41) is 10.7. The fourth-order valence-corrected chi connectivity index (χ4v) is 3.21. The molecule has 0 radical (unpaired) electrons. The van der Waals surface area contributed by atoms with Gasteiger partial charge in [0, 0.05) is 6.07 Å². The van der Waals surface area contributed by atoms with Crippen molar-refractivity contribution in [2.24, 2.45) is 11.8 Å². The van der Waals surface area contributed by atoms with Crippen molar-refractivity contribution in [3.8, 4) is 0 Å². The Morgan fingerprint density at radius 2 is 1.63 bits per heavy atom. The summed E-state index contributed by atoms with van der Waals surface area (Å²) < 4.78 is 26.6. The molecule has 1 N–H and O–H groups in total. The molecule has 1 saturated carbocycles. The third-order valence-electron chi connectivity index (χ3n) is 4.67. The van der Waals surface area contributed by atoms with Gasteiger partial charge in [-0.1, -0.05) is 26.2 Å². The maximum absolute atomic E-state index is 13.3. The second kappa shape index (κ2) is 5.58. The molecule has 0 heterocycles. The van der Waals surface area contributed by atoms with Crippen LogP contribution in [0.3, 0.4) is 0 Å². The van der Waals surface area contributed by atoms with Crippen molar-refractivity contribution in [2.45, 2.75) is 51.6 Å². The number of aliphatic hydroxyl groups is 1. The molecule has 19 heavy (non-hydrogen) atoms. The van der Waals surface area contributed by atoms with E-state index in [1.54, 1.807) is 6.92 Å². The fraction of sp³-hybridized carbons (Fsp3) is 0.625. The average Bonchev–Trinajstić information content (AvgIpc) is 2.37. The van der Waals surface area contributed by atoms with Gasteiger partial charge in [-0.05, 0) is 49.3 Å². The van der Waals surface area contributed by atoms with Gasteiger partial charge in [0.1, 0.15) is 11.6 Å². The predicted molar refractivity (Wildman–Crippen MR) is 71.7 cm³/mol. The Labute approximate surface area is 113 Å². The molecule has 2 rings (SSSR count). The minimum Gasteiger partial charge on any atom is -0.385 e. The van der Waals surface area contributed by atoms with Crippen LogP contribution in [0.5, 0.6) is 0 Å². The number of halogens is 2. The summed E-state index contributed by atoms with van der Waals surface area (Å²) in [6, 6.07) is 3.33. The van der Waals surface area contributed by atoms with Crippen LogP contribution in [0.2, 0.25) is 0 Å². The highest BCUT2D eigenvalue weighted by Gasteiger charge is 2.36. The third-order valence-corrected chi connectivity index (χ3v) is 4.67. The van der Waals surface area contributed by atoms with Gasteiger partial charge in [0.25, 0.3) is 0 Å². The van der Waals surface area contributed by atoms with Crippen molar-refractivity contribution in [2.75, 3.05) is 0 Å². The third kappa shape index (κ3) is 3.14. The van der Waals surface area contributed by atoms with Crippen molar-refractivity contribution in [1.82, 2.24) is 0 Å². The van der Waals surface area contributed by atoms with E-state index in [1.807, 2.05) is 0 Å². The first kappa shape index (κ1) is 14.4. The smallest absolute Gasteiger partial charge is 0.126 e. The van der Waals surface area contributed by atoms with Crippen molar-refractivity contribution < 1.29 is 13.9 Å². The van der Waals surface area contributed by atoms with E-state index in [0.717, 1.165) is 37.7 Å². The lowest BCUT2D eigenvalue weighted by Gasteiger charge is -2.38. The van der Waals surface area contributed by atoms with Crippen LogP contribution < -0.4 is 0 Å². The van der Waals surface area contributed by atoms with Crippen LogP contribution >= 0.6 is 0 Å². The molecule has 1 fully saturated rings. The number of rotatable bonds is 3. The summed E-state index contributed by atoms with van der Waals surface area (Å²) in [4.78, 5) is 0. The molecule has 0 saturated heterocycles. The molecule has 1 aromatic carbocycles. The second-order valence-electron chi connectivity index (χ2n) is 5.93. The number of hydrogen-bond donors (Lipinski definition) is 1. The molecule has 1 aromatic rings. The van der Waals surface area contributed by atoms with Crippen LogP contribution in [0.4, 0.5) is 8.78 Å². The monoisotopic (exact) mass is 268 g/mol. The molecule has 1 atom stereocenters. The van der Waals surface area contributed by atoms with Gasteiger partial charge in [-0.2, -0.15) is 0 Å². The molecular weight excluding hydrogens is 246 g/mol. The molecule has 1 aliphatic carbocycles. The van der Waals surface area contributed by atoms with Crippen molar-refractivity contribution in [1.29, 1.82) is 0 Å². The molecule has 3 heteroatoms. The van der Waals surface area contributed by atoms with Gasteiger partial charge in [-0.25, -0.2) is 8.78 Å². The van der Waals surface area contributed by atoms with Crippen LogP contribution in [-0.4, -0.2) is 5.11 Å². The Morgan fingerprint density at radius 1 is 1.11 bits per heavy atom. The summed E-state index contributed by atoms with van der Waals surface area (Å²) in [5.41, 5.74) is -0.799. The van der Waals surface area contributed by atoms with Gasteiger partial charge in [0.2, 0.25) is 0 Å². The molecular formula is C16H22F2O. The standard InChI is InChI=1S/C16H22F2O/c1-3-11-4-6-12(7-5-11)16(2,19)13-8-14(17)10-15(18)9-13/h8-12,19H,3-7H2,1-2H3. The van der Waals surface area contributed by atoms with Crippen LogP contribution in [0.1, 0.15) is 51.5 Å². The Kier molecular flexibility index (Phi) is 4.24. The predicted octanol–water partition coefficient (Wildman–Crippen LogP) is 4.39. The van der Waals surface area contributed by atoms with Crippen LogP contribution in [-0.2, 0) is 5.60 Å². The molecule has 1 aliphatic rings. The highest BCUT2D eigenvalue weighted by molar-refractivity contribution is 5.24. The van der Waals surface area contributed by atoms with E-state index in [-0.39, 0.29) is 5.92 Å². The Hall–Kier alpha value is -0.960. The maximum Gasteiger partial charge on any atom is 0.126 e. The molecule has 1 unspecified atom stereocenters. The molecule has 0 bridgehead atoms. The van der Waals surface area contributed by atoms with Gasteiger partial charge in [-0.3, -0.25) is 0 Å². The molecule has 0 amide bonds. The lowest BCUT2D eigenvalue weighted by atomic mass is 9.71. The lowest BCUT2D eigenvalue weighted by molar-refractivity contribution is -0.0280. The van der Waals surface area contributed by atoms with E-state index in [0.29, 0.717) is 5.56 Å². The van der Waals surface area contributed by atoms with E-state index in [4.69, 9.17) is 0 Å². The minimum atomic E-state index is -1.15. The highest BCUT2D eigenvalue weighted by atomic mass is 19.1. The van der Waals surface area contributed by atoms with E-state index < -0.39 is 17.2 Å². The first-order valence-corrected chi connectivity index (χ1v) is 7.12. The zero-order valence-corrected chi connectivity index (χ0v) is 11.6. The minimum absolute atomic E-state index is 0.0801. The summed E-state index contributed by atoms with van der Waals surface area (Å²) in [5.74, 6) is -0.442. The molecule has 0 aromatic heterocycles. The first-order chi connectivity index (χ1) is 8.93. The topological polar surface area (TPSA) is 20.2 Å². The molecule has 0 spiro atoms. The molecule has 1 nitrogen and oxygen atoms in total. The van der Waals surface area contributed by atoms with Crippen LogP contribution in [0.15, 0.2) is 18.2 Å². The quantitative estimate of drug-likeness (QED) is 0.862. The average molecular weight is 268 g/mol. The van der Waals surface area contributed by atoms with Crippen molar-refractivity contribution in [3.05, 3.63) is 35.4 Å². The number of benzene rings is 1. The fourth-order valence-electron chi connectivity index (χ4n) is 3.21. The SMILES string of the molecule is CCC1CCC(C(C)(O)c2cc(F)cc(F)c2)CC1. The summed E-state index contributed by atoms with van der Waals surface area (Å²) >= 11 is 0. The summed E-state index contributed by atoms with van der Waals surface area (Å²) in [6.45, 7) is 3.86. The molecule has 106 valence electrons. The van der Waals surface area contributed by atoms with E-state index in [1.165, 1.54) is 18.6 Å². The Balaban J connectivity index is 2.17. The summed E-state index contributed by atoms with van der Waals surface area (Å²) in [7, 11) is 0. The second-order valence-corrected chi connectivity index (χ2v) is 5.93. The largest absolute Gasteiger partial charge is 0.385 e. The first-order valence-electron chi connectivity index (χ1n) is 7.12. The van der Waals surface area contributed by atoms with Gasteiger partial charge < -0.3 is 5.11 Å².